The molecule has 0 radical (unpaired) electrons. The van der Waals surface area contributed by atoms with Crippen molar-refractivity contribution in [3.05, 3.63) is 29.6 Å². The minimum absolute atomic E-state index is 0.0562. The van der Waals surface area contributed by atoms with Gasteiger partial charge in [-0.1, -0.05) is 11.8 Å². The monoisotopic (exact) mass is 283 g/mol. The molecule has 1 aromatic rings. The van der Waals surface area contributed by atoms with Gasteiger partial charge in [-0.3, -0.25) is 4.72 Å². The number of benzene rings is 1. The normalized spacial score (nSPS) is 14.6. The molecule has 6 heteroatoms. The molecular formula is C13H14FNO3S. The molecule has 19 heavy (non-hydrogen) atoms. The van der Waals surface area contributed by atoms with Gasteiger partial charge in [0.15, 0.2) is 0 Å². The molecule has 0 aromatic heterocycles. The van der Waals surface area contributed by atoms with Crippen molar-refractivity contribution in [3.63, 3.8) is 0 Å². The Morgan fingerprint density at radius 3 is 2.79 bits per heavy atom. The number of sulfonamides is 1. The molecule has 2 rings (SSSR count). The van der Waals surface area contributed by atoms with Crippen LogP contribution < -0.4 is 4.72 Å². The standard InChI is InChI=1S/C13H14FNO3S/c14-13-6-5-12(8-11(13)2-1-7-16)15-19(17,18)9-10-3-4-10/h5-6,8,10,15-16H,3-4,7,9H2. The second kappa shape index (κ2) is 5.59. The van der Waals surface area contributed by atoms with Gasteiger partial charge < -0.3 is 5.11 Å². The number of halogens is 1. The molecule has 0 amide bonds. The Balaban J connectivity index is 2.16. The maximum atomic E-state index is 13.4. The fourth-order valence-electron chi connectivity index (χ4n) is 1.64. The minimum atomic E-state index is -3.39. The third-order valence-corrected chi connectivity index (χ3v) is 4.15. The highest BCUT2D eigenvalue weighted by atomic mass is 32.2. The summed E-state index contributed by atoms with van der Waals surface area (Å²) in [5.74, 6) is 4.55. The van der Waals surface area contributed by atoms with Crippen LogP contribution in [-0.2, 0) is 10.0 Å². The van der Waals surface area contributed by atoms with Gasteiger partial charge in [0.05, 0.1) is 11.3 Å². The highest BCUT2D eigenvalue weighted by Gasteiger charge is 2.28. The van der Waals surface area contributed by atoms with Crippen LogP contribution in [0.15, 0.2) is 18.2 Å². The van der Waals surface area contributed by atoms with Crippen molar-refractivity contribution in [1.29, 1.82) is 0 Å². The van der Waals surface area contributed by atoms with Gasteiger partial charge in [-0.2, -0.15) is 0 Å². The quantitative estimate of drug-likeness (QED) is 0.819. The molecule has 0 unspecified atom stereocenters. The number of nitrogens with one attached hydrogen (secondary N) is 1. The van der Waals surface area contributed by atoms with Crippen LogP contribution in [0, 0.1) is 23.6 Å². The maximum Gasteiger partial charge on any atom is 0.232 e. The van der Waals surface area contributed by atoms with Crippen LogP contribution in [0.25, 0.3) is 0 Å². The molecular weight excluding hydrogens is 269 g/mol. The van der Waals surface area contributed by atoms with E-state index in [1.165, 1.54) is 12.1 Å². The molecule has 1 fully saturated rings. The first-order valence-corrected chi connectivity index (χ1v) is 7.55. The average molecular weight is 283 g/mol. The molecule has 4 nitrogen and oxygen atoms in total. The van der Waals surface area contributed by atoms with E-state index >= 15 is 0 Å². The second-order valence-electron chi connectivity index (χ2n) is 4.48. The Bertz CT molecular complexity index is 627. The fourth-order valence-corrected chi connectivity index (χ4v) is 3.16. The molecule has 0 spiro atoms. The first-order valence-electron chi connectivity index (χ1n) is 5.90. The molecule has 0 aliphatic heterocycles. The lowest BCUT2D eigenvalue weighted by atomic mass is 10.2. The zero-order chi connectivity index (χ0) is 13.9. The third kappa shape index (κ3) is 4.23. The summed E-state index contributed by atoms with van der Waals surface area (Å²) < 4.78 is 39.4. The predicted molar refractivity (Wildman–Crippen MR) is 70.5 cm³/mol. The van der Waals surface area contributed by atoms with Crippen molar-refractivity contribution in [2.45, 2.75) is 12.8 Å². The highest BCUT2D eigenvalue weighted by molar-refractivity contribution is 7.92. The Labute approximate surface area is 111 Å². The van der Waals surface area contributed by atoms with E-state index in [1.807, 2.05) is 0 Å². The summed E-state index contributed by atoms with van der Waals surface area (Å²) in [5, 5.41) is 8.57. The van der Waals surface area contributed by atoms with Crippen molar-refractivity contribution < 1.29 is 17.9 Å². The number of aliphatic hydroxyl groups excluding tert-OH is 1. The molecule has 1 aliphatic rings. The van der Waals surface area contributed by atoms with Crippen molar-refractivity contribution in [1.82, 2.24) is 0 Å². The first kappa shape index (κ1) is 13.8. The Hall–Kier alpha value is -1.58. The van der Waals surface area contributed by atoms with Crippen LogP contribution in [0.4, 0.5) is 10.1 Å². The van der Waals surface area contributed by atoms with Crippen LogP contribution in [-0.4, -0.2) is 25.9 Å². The van der Waals surface area contributed by atoms with E-state index in [9.17, 15) is 12.8 Å². The summed E-state index contributed by atoms with van der Waals surface area (Å²) in [6, 6.07) is 3.82. The summed E-state index contributed by atoms with van der Waals surface area (Å²) in [4.78, 5) is 0. The number of hydrogen-bond donors (Lipinski definition) is 2. The summed E-state index contributed by atoms with van der Waals surface area (Å²) in [6.45, 7) is -0.378. The van der Waals surface area contributed by atoms with Gasteiger partial charge in [0, 0.05) is 5.69 Å². The van der Waals surface area contributed by atoms with Crippen LogP contribution in [0.2, 0.25) is 0 Å². The summed E-state index contributed by atoms with van der Waals surface area (Å²) >= 11 is 0. The highest BCUT2D eigenvalue weighted by Crippen LogP contribution is 2.30. The van der Waals surface area contributed by atoms with E-state index in [0.29, 0.717) is 0 Å². The van der Waals surface area contributed by atoms with Crippen molar-refractivity contribution >= 4 is 15.7 Å². The Kier molecular flexibility index (Phi) is 4.08. The van der Waals surface area contributed by atoms with Crippen LogP contribution >= 0.6 is 0 Å². The zero-order valence-electron chi connectivity index (χ0n) is 10.2. The number of rotatable bonds is 4. The Morgan fingerprint density at radius 1 is 1.42 bits per heavy atom. The molecule has 0 saturated heterocycles. The van der Waals surface area contributed by atoms with Gasteiger partial charge in [0.25, 0.3) is 0 Å². The molecule has 0 heterocycles. The van der Waals surface area contributed by atoms with E-state index in [-0.39, 0.29) is 29.5 Å². The lowest BCUT2D eigenvalue weighted by Crippen LogP contribution is -2.17. The van der Waals surface area contributed by atoms with Gasteiger partial charge in [-0.25, -0.2) is 12.8 Å². The van der Waals surface area contributed by atoms with Crippen LogP contribution in [0.5, 0.6) is 0 Å². The van der Waals surface area contributed by atoms with E-state index in [0.717, 1.165) is 18.9 Å². The third-order valence-electron chi connectivity index (χ3n) is 2.69. The summed E-state index contributed by atoms with van der Waals surface area (Å²) in [7, 11) is -3.39. The van der Waals surface area contributed by atoms with E-state index in [2.05, 4.69) is 16.6 Å². The molecule has 1 saturated carbocycles. The molecule has 0 atom stereocenters. The van der Waals surface area contributed by atoms with Gasteiger partial charge in [-0.15, -0.1) is 0 Å². The molecule has 2 N–H and O–H groups in total. The number of aliphatic hydroxyl groups is 1. The number of hydrogen-bond acceptors (Lipinski definition) is 3. The average Bonchev–Trinajstić information content (AvgIpc) is 3.12. The SMILES string of the molecule is O=S(=O)(CC1CC1)Nc1ccc(F)c(C#CCO)c1. The van der Waals surface area contributed by atoms with Gasteiger partial charge in [0.2, 0.25) is 10.0 Å². The van der Waals surface area contributed by atoms with Crippen molar-refractivity contribution in [2.24, 2.45) is 5.92 Å². The van der Waals surface area contributed by atoms with E-state index in [1.54, 1.807) is 0 Å². The smallest absolute Gasteiger partial charge is 0.232 e. The number of anilines is 1. The van der Waals surface area contributed by atoms with Gasteiger partial charge in [0.1, 0.15) is 12.4 Å². The molecule has 102 valence electrons. The van der Waals surface area contributed by atoms with E-state index in [4.69, 9.17) is 5.11 Å². The lowest BCUT2D eigenvalue weighted by Gasteiger charge is -2.08. The Morgan fingerprint density at radius 2 is 2.16 bits per heavy atom. The van der Waals surface area contributed by atoms with E-state index < -0.39 is 15.8 Å². The lowest BCUT2D eigenvalue weighted by molar-refractivity contribution is 0.350. The second-order valence-corrected chi connectivity index (χ2v) is 6.25. The van der Waals surface area contributed by atoms with Crippen molar-refractivity contribution in [2.75, 3.05) is 17.1 Å². The first-order chi connectivity index (χ1) is 9.00. The molecule has 0 bridgehead atoms. The van der Waals surface area contributed by atoms with Crippen LogP contribution in [0.1, 0.15) is 18.4 Å². The van der Waals surface area contributed by atoms with Gasteiger partial charge in [-0.05, 0) is 37.0 Å². The summed E-state index contributed by atoms with van der Waals surface area (Å²) in [6.07, 6.45) is 1.88. The van der Waals surface area contributed by atoms with Crippen LogP contribution in [0.3, 0.4) is 0 Å². The zero-order valence-corrected chi connectivity index (χ0v) is 11.0. The maximum absolute atomic E-state index is 13.4. The summed E-state index contributed by atoms with van der Waals surface area (Å²) in [5.41, 5.74) is 0.338. The topological polar surface area (TPSA) is 66.4 Å². The minimum Gasteiger partial charge on any atom is -0.384 e. The largest absolute Gasteiger partial charge is 0.384 e. The van der Waals surface area contributed by atoms with Crippen molar-refractivity contribution in [3.8, 4) is 11.8 Å². The molecule has 1 aliphatic carbocycles. The molecule has 1 aromatic carbocycles. The predicted octanol–water partition coefficient (Wildman–Crippen LogP) is 1.32. The van der Waals surface area contributed by atoms with Gasteiger partial charge >= 0.3 is 0 Å². The fraction of sp³-hybridized carbons (Fsp3) is 0.385.